The molecule has 0 N–H and O–H groups in total. The largest absolute Gasteiger partial charge is 0.307 e. The van der Waals surface area contributed by atoms with E-state index in [4.69, 9.17) is 0 Å². The van der Waals surface area contributed by atoms with E-state index < -0.39 is 0 Å². The topological polar surface area (TPSA) is 34.9 Å². The summed E-state index contributed by atoms with van der Waals surface area (Å²) in [6, 6.07) is 9.94. The summed E-state index contributed by atoms with van der Waals surface area (Å²) in [4.78, 5) is 15.9. The second kappa shape index (κ2) is 4.14. The van der Waals surface area contributed by atoms with Gasteiger partial charge in [0.25, 0.3) is 0 Å². The van der Waals surface area contributed by atoms with Crippen molar-refractivity contribution in [2.75, 3.05) is 0 Å². The molecule has 4 heteroatoms. The molecular weight excluding hydrogens is 232 g/mol. The molecule has 0 fully saturated rings. The second-order valence-corrected chi connectivity index (χ2v) is 4.64. The third-order valence-corrected chi connectivity index (χ3v) is 3.42. The maximum absolute atomic E-state index is 11.5. The molecule has 0 aliphatic heterocycles. The standard InChI is InChI=1S/C13H10N2OS/c16-13-15(7-8-17-13)9-10-5-6-14-12-4-2-1-3-11(10)12/h1-8H,9H2. The van der Waals surface area contributed by atoms with Gasteiger partial charge in [-0.3, -0.25) is 9.78 Å². The van der Waals surface area contributed by atoms with Crippen LogP contribution in [0, 0.1) is 0 Å². The van der Waals surface area contributed by atoms with E-state index in [1.807, 2.05) is 41.9 Å². The van der Waals surface area contributed by atoms with E-state index in [1.165, 1.54) is 11.3 Å². The van der Waals surface area contributed by atoms with Crippen LogP contribution in [-0.2, 0) is 6.54 Å². The Kier molecular flexibility index (Phi) is 2.49. The zero-order valence-electron chi connectivity index (χ0n) is 9.04. The number of rotatable bonds is 2. The molecule has 0 aliphatic carbocycles. The molecule has 0 atom stereocenters. The van der Waals surface area contributed by atoms with Crippen molar-refractivity contribution in [1.82, 2.24) is 9.55 Å². The van der Waals surface area contributed by atoms with Gasteiger partial charge in [0.1, 0.15) is 0 Å². The number of nitrogens with zero attached hydrogens (tertiary/aromatic N) is 2. The molecule has 3 rings (SSSR count). The maximum atomic E-state index is 11.5. The zero-order valence-corrected chi connectivity index (χ0v) is 9.85. The summed E-state index contributed by atoms with van der Waals surface area (Å²) < 4.78 is 1.71. The fourth-order valence-electron chi connectivity index (χ4n) is 1.88. The van der Waals surface area contributed by atoms with Crippen LogP contribution in [0.2, 0.25) is 0 Å². The Morgan fingerprint density at radius 3 is 2.94 bits per heavy atom. The minimum absolute atomic E-state index is 0.0749. The second-order valence-electron chi connectivity index (χ2n) is 3.78. The Balaban J connectivity index is 2.12. The van der Waals surface area contributed by atoms with E-state index in [1.54, 1.807) is 10.8 Å². The lowest BCUT2D eigenvalue weighted by atomic mass is 10.1. The van der Waals surface area contributed by atoms with Crippen molar-refractivity contribution in [2.24, 2.45) is 0 Å². The normalized spacial score (nSPS) is 10.8. The number of fused-ring (bicyclic) bond motifs is 1. The molecule has 0 radical (unpaired) electrons. The van der Waals surface area contributed by atoms with Gasteiger partial charge in [-0.15, -0.1) is 0 Å². The monoisotopic (exact) mass is 242 g/mol. The van der Waals surface area contributed by atoms with E-state index in [0.29, 0.717) is 6.54 Å². The molecule has 0 saturated heterocycles. The third-order valence-electron chi connectivity index (χ3n) is 2.72. The summed E-state index contributed by atoms with van der Waals surface area (Å²) in [5.74, 6) is 0. The van der Waals surface area contributed by atoms with Crippen LogP contribution in [0.4, 0.5) is 0 Å². The highest BCUT2D eigenvalue weighted by Crippen LogP contribution is 2.16. The highest BCUT2D eigenvalue weighted by Gasteiger charge is 2.03. The lowest BCUT2D eigenvalue weighted by molar-refractivity contribution is 0.788. The van der Waals surface area contributed by atoms with Crippen LogP contribution in [0.5, 0.6) is 0 Å². The predicted molar refractivity (Wildman–Crippen MR) is 69.4 cm³/mol. The number of para-hydroxylation sites is 1. The molecule has 0 bridgehead atoms. The first-order valence-electron chi connectivity index (χ1n) is 5.31. The first kappa shape index (κ1) is 10.2. The molecule has 0 saturated carbocycles. The van der Waals surface area contributed by atoms with Crippen molar-refractivity contribution >= 4 is 22.2 Å². The number of benzene rings is 1. The molecule has 0 amide bonds. The Hall–Kier alpha value is -1.94. The molecule has 3 nitrogen and oxygen atoms in total. The molecule has 0 unspecified atom stereocenters. The summed E-state index contributed by atoms with van der Waals surface area (Å²) in [7, 11) is 0. The molecule has 3 aromatic rings. The van der Waals surface area contributed by atoms with E-state index in [9.17, 15) is 4.79 Å². The fourth-order valence-corrected chi connectivity index (χ4v) is 2.47. The summed E-state index contributed by atoms with van der Waals surface area (Å²) in [6.45, 7) is 0.603. The van der Waals surface area contributed by atoms with Crippen molar-refractivity contribution in [1.29, 1.82) is 0 Å². The SMILES string of the molecule is O=c1sccn1Cc1ccnc2ccccc12. The molecule has 0 aliphatic rings. The number of hydrogen-bond acceptors (Lipinski definition) is 3. The number of thiazole rings is 1. The minimum Gasteiger partial charge on any atom is -0.302 e. The third kappa shape index (κ3) is 1.87. The van der Waals surface area contributed by atoms with Gasteiger partial charge in [0.15, 0.2) is 0 Å². The number of aromatic nitrogens is 2. The quantitative estimate of drug-likeness (QED) is 0.692. The van der Waals surface area contributed by atoms with Crippen molar-refractivity contribution in [3.8, 4) is 0 Å². The molecule has 1 aromatic carbocycles. The van der Waals surface area contributed by atoms with Gasteiger partial charge in [0.2, 0.25) is 0 Å². The number of pyridine rings is 1. The van der Waals surface area contributed by atoms with Gasteiger partial charge < -0.3 is 4.57 Å². The summed E-state index contributed by atoms with van der Waals surface area (Å²) in [5.41, 5.74) is 2.09. The zero-order chi connectivity index (χ0) is 11.7. The van der Waals surface area contributed by atoms with Crippen LogP contribution in [0.25, 0.3) is 10.9 Å². The van der Waals surface area contributed by atoms with Gasteiger partial charge >= 0.3 is 4.87 Å². The van der Waals surface area contributed by atoms with Gasteiger partial charge in [0, 0.05) is 23.2 Å². The van der Waals surface area contributed by atoms with Gasteiger partial charge in [0.05, 0.1) is 12.1 Å². The highest BCUT2D eigenvalue weighted by atomic mass is 32.1. The highest BCUT2D eigenvalue weighted by molar-refractivity contribution is 7.07. The van der Waals surface area contributed by atoms with Crippen molar-refractivity contribution in [2.45, 2.75) is 6.54 Å². The van der Waals surface area contributed by atoms with Crippen LogP contribution < -0.4 is 4.87 Å². The molecule has 2 aromatic heterocycles. The Bertz CT molecular complexity index is 709. The van der Waals surface area contributed by atoms with Crippen LogP contribution in [-0.4, -0.2) is 9.55 Å². The first-order valence-corrected chi connectivity index (χ1v) is 6.19. The fraction of sp³-hybridized carbons (Fsp3) is 0.0769. The van der Waals surface area contributed by atoms with Crippen molar-refractivity contribution < 1.29 is 0 Å². The van der Waals surface area contributed by atoms with Gasteiger partial charge in [-0.2, -0.15) is 0 Å². The van der Waals surface area contributed by atoms with E-state index in [0.717, 1.165) is 16.5 Å². The average Bonchev–Trinajstić information content (AvgIpc) is 2.76. The predicted octanol–water partition coefficient (Wildman–Crippen LogP) is 2.51. The number of hydrogen-bond donors (Lipinski definition) is 0. The lowest BCUT2D eigenvalue weighted by Crippen LogP contribution is -2.12. The van der Waals surface area contributed by atoms with E-state index in [-0.39, 0.29) is 4.87 Å². The van der Waals surface area contributed by atoms with Crippen molar-refractivity contribution in [3.05, 3.63) is 63.3 Å². The summed E-state index contributed by atoms with van der Waals surface area (Å²) in [6.07, 6.45) is 3.61. The molecule has 17 heavy (non-hydrogen) atoms. The smallest absolute Gasteiger partial charge is 0.302 e. The first-order chi connectivity index (χ1) is 8.34. The summed E-state index contributed by atoms with van der Waals surface area (Å²) >= 11 is 1.22. The molecule has 0 spiro atoms. The van der Waals surface area contributed by atoms with E-state index in [2.05, 4.69) is 4.98 Å². The van der Waals surface area contributed by atoms with Crippen LogP contribution in [0.3, 0.4) is 0 Å². The summed E-state index contributed by atoms with van der Waals surface area (Å²) in [5, 5.41) is 2.92. The Morgan fingerprint density at radius 1 is 1.24 bits per heavy atom. The molecular formula is C13H10N2OS. The Morgan fingerprint density at radius 2 is 2.12 bits per heavy atom. The van der Waals surface area contributed by atoms with E-state index >= 15 is 0 Å². The Labute approximate surface area is 102 Å². The van der Waals surface area contributed by atoms with Gasteiger partial charge in [-0.25, -0.2) is 0 Å². The van der Waals surface area contributed by atoms with Crippen LogP contribution in [0.1, 0.15) is 5.56 Å². The average molecular weight is 242 g/mol. The lowest BCUT2D eigenvalue weighted by Gasteiger charge is -2.05. The maximum Gasteiger partial charge on any atom is 0.307 e. The minimum atomic E-state index is 0.0749. The van der Waals surface area contributed by atoms with Gasteiger partial charge in [-0.05, 0) is 17.7 Å². The van der Waals surface area contributed by atoms with Crippen molar-refractivity contribution in [3.63, 3.8) is 0 Å². The van der Waals surface area contributed by atoms with Crippen LogP contribution in [0.15, 0.2) is 52.9 Å². The molecule has 84 valence electrons. The molecule has 2 heterocycles. The van der Waals surface area contributed by atoms with Crippen LogP contribution >= 0.6 is 11.3 Å². The van der Waals surface area contributed by atoms with Gasteiger partial charge in [-0.1, -0.05) is 29.5 Å².